The first-order valence-corrected chi connectivity index (χ1v) is 7.41. The largest absolute Gasteiger partial charge is 0.294 e. The number of aryl methyl sites for hydroxylation is 2. The van der Waals surface area contributed by atoms with Crippen LogP contribution >= 0.6 is 0 Å². The third-order valence-electron chi connectivity index (χ3n) is 3.21. The van der Waals surface area contributed by atoms with Gasteiger partial charge in [0, 0.05) is 53.8 Å². The number of carbonyl (C=O) groups is 2. The van der Waals surface area contributed by atoms with Crippen LogP contribution in [0, 0.1) is 26.0 Å². The van der Waals surface area contributed by atoms with Gasteiger partial charge in [0.2, 0.25) is 0 Å². The van der Waals surface area contributed by atoms with E-state index in [1.54, 1.807) is 12.2 Å². The molecular weight excluding hydrogens is 557 g/mol. The first kappa shape index (κ1) is 24.1. The van der Waals surface area contributed by atoms with Gasteiger partial charge in [-0.25, -0.2) is 0 Å². The Balaban J connectivity index is 0.00000288. The molecule has 0 fully saturated rings. The van der Waals surface area contributed by atoms with Crippen LogP contribution in [0.15, 0.2) is 48.6 Å². The molecule has 2 rings (SSSR count). The molecule has 1 radical (unpaired) electrons. The summed E-state index contributed by atoms with van der Waals surface area (Å²) >= 11 is 0. The van der Waals surface area contributed by atoms with E-state index in [-0.39, 0.29) is 71.8 Å². The van der Waals surface area contributed by atoms with E-state index in [9.17, 15) is 9.59 Å². The van der Waals surface area contributed by atoms with Crippen LogP contribution < -0.4 is 0 Å². The molecule has 0 aliphatic heterocycles. The summed E-state index contributed by atoms with van der Waals surface area (Å²) in [5.41, 5.74) is 3.87. The Morgan fingerprint density at radius 1 is 0.880 bits per heavy atom. The second-order valence-electron chi connectivity index (χ2n) is 5.39. The summed E-state index contributed by atoms with van der Waals surface area (Å²) < 4.78 is 0. The SMILES string of the molecule is Cc1[c-]ccc(/C=C/C(=O)CC(=O)/C=C/c2cc[c-]c(C)c2)c1.[W].[Y]. The van der Waals surface area contributed by atoms with Crippen molar-refractivity contribution in [1.29, 1.82) is 0 Å². The van der Waals surface area contributed by atoms with Gasteiger partial charge in [-0.2, -0.15) is 59.7 Å². The first-order valence-electron chi connectivity index (χ1n) is 7.41. The summed E-state index contributed by atoms with van der Waals surface area (Å²) in [6.07, 6.45) is 6.21. The fourth-order valence-electron chi connectivity index (χ4n) is 2.09. The van der Waals surface area contributed by atoms with Crippen molar-refractivity contribution in [2.24, 2.45) is 0 Å². The summed E-state index contributed by atoms with van der Waals surface area (Å²) in [6.45, 7) is 3.88. The Kier molecular flexibility index (Phi) is 11.9. The minimum atomic E-state index is -0.206. The Morgan fingerprint density at radius 3 is 1.64 bits per heavy atom. The quantitative estimate of drug-likeness (QED) is 0.295. The second-order valence-corrected chi connectivity index (χ2v) is 5.39. The van der Waals surface area contributed by atoms with Gasteiger partial charge in [-0.15, -0.1) is 11.1 Å². The summed E-state index contributed by atoms with van der Waals surface area (Å²) in [6, 6.07) is 17.3. The maximum atomic E-state index is 11.8. The van der Waals surface area contributed by atoms with E-state index in [1.165, 1.54) is 12.2 Å². The second kappa shape index (κ2) is 12.4. The van der Waals surface area contributed by atoms with Crippen LogP contribution in [-0.2, 0) is 63.4 Å². The summed E-state index contributed by atoms with van der Waals surface area (Å²) in [5, 5.41) is 0. The third kappa shape index (κ3) is 9.35. The number of benzene rings is 2. The molecule has 2 aromatic carbocycles. The summed E-state index contributed by atoms with van der Waals surface area (Å²) in [7, 11) is 0. The first-order chi connectivity index (χ1) is 11.0. The van der Waals surface area contributed by atoms with Crippen molar-refractivity contribution in [3.63, 3.8) is 0 Å². The normalized spacial score (nSPS) is 10.3. The smallest absolute Gasteiger partial charge is 0.163 e. The van der Waals surface area contributed by atoms with Crippen LogP contribution in [0.4, 0.5) is 0 Å². The molecule has 0 atom stereocenters. The van der Waals surface area contributed by atoms with Crippen molar-refractivity contribution in [2.45, 2.75) is 20.3 Å². The van der Waals surface area contributed by atoms with Crippen molar-refractivity contribution in [3.8, 4) is 0 Å². The van der Waals surface area contributed by atoms with Crippen LogP contribution in [0.5, 0.6) is 0 Å². The van der Waals surface area contributed by atoms with Crippen LogP contribution in [0.1, 0.15) is 28.7 Å². The molecule has 0 unspecified atom stereocenters. The molecule has 0 bridgehead atoms. The molecular formula is C21H18O2WY-2. The van der Waals surface area contributed by atoms with Crippen molar-refractivity contribution in [1.82, 2.24) is 0 Å². The van der Waals surface area contributed by atoms with Crippen LogP contribution in [0.3, 0.4) is 0 Å². The van der Waals surface area contributed by atoms with Gasteiger partial charge in [0.15, 0.2) is 11.6 Å². The molecule has 0 aliphatic rings. The van der Waals surface area contributed by atoms with Gasteiger partial charge in [0.25, 0.3) is 0 Å². The molecule has 0 saturated heterocycles. The molecule has 0 amide bonds. The maximum absolute atomic E-state index is 11.8. The zero-order chi connectivity index (χ0) is 16.7. The Hall–Kier alpha value is -0.948. The molecule has 0 aliphatic carbocycles. The van der Waals surface area contributed by atoms with Gasteiger partial charge in [-0.1, -0.05) is 26.0 Å². The molecule has 0 aromatic heterocycles. The van der Waals surface area contributed by atoms with E-state index in [2.05, 4.69) is 12.1 Å². The van der Waals surface area contributed by atoms with E-state index >= 15 is 0 Å². The molecule has 2 nitrogen and oxygen atoms in total. The summed E-state index contributed by atoms with van der Waals surface area (Å²) in [4.78, 5) is 23.6. The number of hydrogen-bond donors (Lipinski definition) is 0. The van der Waals surface area contributed by atoms with Crippen molar-refractivity contribution < 1.29 is 63.4 Å². The maximum Gasteiger partial charge on any atom is 0.163 e. The fourth-order valence-corrected chi connectivity index (χ4v) is 2.09. The number of hydrogen-bond acceptors (Lipinski definition) is 2. The molecule has 0 spiro atoms. The molecule has 125 valence electrons. The average molecular weight is 575 g/mol. The molecule has 0 heterocycles. The van der Waals surface area contributed by atoms with E-state index in [0.717, 1.165) is 22.3 Å². The minimum absolute atomic E-state index is 0. The predicted octanol–water partition coefficient (Wildman–Crippen LogP) is 4.15. The van der Waals surface area contributed by atoms with Gasteiger partial charge >= 0.3 is 0 Å². The fraction of sp³-hybridized carbons (Fsp3) is 0.143. The van der Waals surface area contributed by atoms with Gasteiger partial charge in [0.05, 0.1) is 6.42 Å². The van der Waals surface area contributed by atoms with Crippen molar-refractivity contribution in [3.05, 3.63) is 82.9 Å². The molecule has 25 heavy (non-hydrogen) atoms. The van der Waals surface area contributed by atoms with Crippen LogP contribution in [0.25, 0.3) is 12.2 Å². The number of ketones is 2. The number of allylic oxidation sites excluding steroid dienone is 2. The Labute approximate surface area is 188 Å². The van der Waals surface area contributed by atoms with E-state index in [1.807, 2.05) is 50.2 Å². The zero-order valence-corrected chi connectivity index (χ0v) is 20.1. The summed E-state index contributed by atoms with van der Waals surface area (Å²) in [5.74, 6) is -0.412. The van der Waals surface area contributed by atoms with Gasteiger partial charge in [0.1, 0.15) is 0 Å². The van der Waals surface area contributed by atoms with E-state index in [0.29, 0.717) is 0 Å². The van der Waals surface area contributed by atoms with Gasteiger partial charge in [-0.3, -0.25) is 9.59 Å². The molecule has 0 N–H and O–H groups in total. The predicted molar refractivity (Wildman–Crippen MR) is 92.7 cm³/mol. The van der Waals surface area contributed by atoms with Crippen molar-refractivity contribution >= 4 is 23.7 Å². The standard InChI is InChI=1S/C21H18O2.W.Y/c1-16-5-3-7-18(13-16)9-11-20(22)15-21(23)12-10-19-8-4-6-17(2)14-19;;/h3-4,7-14H,15H2,1-2H3;;/q-2;;/b11-9+,12-10+;;. The van der Waals surface area contributed by atoms with E-state index < -0.39 is 0 Å². The Morgan fingerprint density at radius 2 is 1.28 bits per heavy atom. The van der Waals surface area contributed by atoms with Crippen LogP contribution in [-0.4, -0.2) is 11.6 Å². The number of carbonyl (C=O) groups excluding carboxylic acids is 2. The van der Waals surface area contributed by atoms with Crippen molar-refractivity contribution in [2.75, 3.05) is 0 Å². The molecule has 0 saturated carbocycles. The molecule has 4 heteroatoms. The van der Waals surface area contributed by atoms with Crippen LogP contribution in [0.2, 0.25) is 0 Å². The third-order valence-corrected chi connectivity index (χ3v) is 3.21. The Bertz CT molecular complexity index is 713. The zero-order valence-electron chi connectivity index (χ0n) is 14.3. The minimum Gasteiger partial charge on any atom is -0.294 e. The average Bonchev–Trinajstić information content (AvgIpc) is 2.51. The monoisotopic (exact) mass is 575 g/mol. The molecule has 2 aromatic rings. The number of rotatable bonds is 6. The van der Waals surface area contributed by atoms with E-state index in [4.69, 9.17) is 0 Å². The topological polar surface area (TPSA) is 34.1 Å². The van der Waals surface area contributed by atoms with Gasteiger partial charge in [-0.05, 0) is 12.2 Å². The van der Waals surface area contributed by atoms with Gasteiger partial charge < -0.3 is 0 Å².